The highest BCUT2D eigenvalue weighted by Gasteiger charge is 2.06. The Labute approximate surface area is 131 Å². The molecule has 0 aliphatic heterocycles. The van der Waals surface area contributed by atoms with Crippen LogP contribution in [0.3, 0.4) is 0 Å². The molecule has 0 heterocycles. The Balaban J connectivity index is 2.27. The van der Waals surface area contributed by atoms with Gasteiger partial charge >= 0.3 is 5.97 Å². The van der Waals surface area contributed by atoms with Gasteiger partial charge in [-0.3, -0.25) is 0 Å². The third-order valence-electron chi connectivity index (χ3n) is 2.74. The predicted octanol–water partition coefficient (Wildman–Crippen LogP) is 5.04. The van der Waals surface area contributed by atoms with Crippen molar-refractivity contribution in [3.63, 3.8) is 0 Å². The fraction of sp³-hybridized carbons (Fsp3) is 0.0625. The lowest BCUT2D eigenvalue weighted by atomic mass is 10.1. The van der Waals surface area contributed by atoms with Crippen molar-refractivity contribution in [2.75, 3.05) is 0 Å². The normalized spacial score (nSPS) is 11.0. The zero-order chi connectivity index (χ0) is 15.4. The van der Waals surface area contributed by atoms with Gasteiger partial charge in [0.15, 0.2) is 0 Å². The minimum atomic E-state index is -1.02. The first-order valence-electron chi connectivity index (χ1n) is 6.10. The second-order valence-corrected chi connectivity index (χ2v) is 5.89. The standard InChI is InChI=1S/C16H12ClFO2S/c1-10-8-11(2-7-16(19)20)14(17)9-15(10)21-13-5-3-12(18)4-6-13/h2-9H,1H3,(H,19,20). The van der Waals surface area contributed by atoms with E-state index >= 15 is 0 Å². The second kappa shape index (κ2) is 6.78. The summed E-state index contributed by atoms with van der Waals surface area (Å²) in [5.74, 6) is -1.29. The van der Waals surface area contributed by atoms with Crippen LogP contribution in [0.1, 0.15) is 11.1 Å². The second-order valence-electron chi connectivity index (χ2n) is 4.37. The van der Waals surface area contributed by atoms with Crippen LogP contribution in [0.2, 0.25) is 5.02 Å². The fourth-order valence-corrected chi connectivity index (χ4v) is 2.93. The fourth-order valence-electron chi connectivity index (χ4n) is 1.71. The van der Waals surface area contributed by atoms with Crippen molar-refractivity contribution in [2.24, 2.45) is 0 Å². The molecule has 0 radical (unpaired) electrons. The highest BCUT2D eigenvalue weighted by atomic mass is 35.5. The van der Waals surface area contributed by atoms with E-state index in [9.17, 15) is 9.18 Å². The smallest absolute Gasteiger partial charge is 0.328 e. The average molecular weight is 323 g/mol. The van der Waals surface area contributed by atoms with Crippen molar-refractivity contribution in [3.8, 4) is 0 Å². The zero-order valence-corrected chi connectivity index (χ0v) is 12.7. The topological polar surface area (TPSA) is 37.3 Å². The molecule has 0 amide bonds. The first-order chi connectivity index (χ1) is 9.95. The lowest BCUT2D eigenvalue weighted by Crippen LogP contribution is -1.88. The van der Waals surface area contributed by atoms with Crippen LogP contribution in [0.15, 0.2) is 52.3 Å². The van der Waals surface area contributed by atoms with E-state index in [1.807, 2.05) is 13.0 Å². The molecule has 0 saturated heterocycles. The van der Waals surface area contributed by atoms with Crippen molar-refractivity contribution >= 4 is 35.4 Å². The maximum atomic E-state index is 12.9. The van der Waals surface area contributed by atoms with Crippen molar-refractivity contribution in [1.82, 2.24) is 0 Å². The SMILES string of the molecule is Cc1cc(C=CC(=O)O)c(Cl)cc1Sc1ccc(F)cc1. The molecule has 2 aromatic rings. The minimum absolute atomic E-state index is 0.275. The summed E-state index contributed by atoms with van der Waals surface area (Å²) in [6, 6.07) is 9.82. The Morgan fingerprint density at radius 1 is 1.29 bits per heavy atom. The van der Waals surface area contributed by atoms with Gasteiger partial charge < -0.3 is 5.11 Å². The molecule has 2 nitrogen and oxygen atoms in total. The molecule has 0 atom stereocenters. The number of carboxylic acids is 1. The number of aliphatic carboxylic acids is 1. The van der Waals surface area contributed by atoms with E-state index in [2.05, 4.69) is 0 Å². The molecule has 0 aliphatic rings. The maximum Gasteiger partial charge on any atom is 0.328 e. The lowest BCUT2D eigenvalue weighted by molar-refractivity contribution is -0.131. The molecule has 0 spiro atoms. The zero-order valence-electron chi connectivity index (χ0n) is 11.1. The van der Waals surface area contributed by atoms with Crippen LogP contribution in [-0.4, -0.2) is 11.1 Å². The molecular formula is C16H12ClFO2S. The summed E-state index contributed by atoms with van der Waals surface area (Å²) in [5, 5.41) is 9.12. The van der Waals surface area contributed by atoms with Crippen LogP contribution in [0, 0.1) is 12.7 Å². The summed E-state index contributed by atoms with van der Waals surface area (Å²) in [6.45, 7) is 1.92. The molecule has 0 bridgehead atoms. The first-order valence-corrected chi connectivity index (χ1v) is 7.30. The van der Waals surface area contributed by atoms with Crippen LogP contribution < -0.4 is 0 Å². The third-order valence-corrected chi connectivity index (χ3v) is 4.24. The van der Waals surface area contributed by atoms with Crippen LogP contribution in [0.4, 0.5) is 4.39 Å². The van der Waals surface area contributed by atoms with Gasteiger partial charge in [-0.1, -0.05) is 23.4 Å². The third kappa shape index (κ3) is 4.34. The number of hydrogen-bond donors (Lipinski definition) is 1. The van der Waals surface area contributed by atoms with Crippen molar-refractivity contribution < 1.29 is 14.3 Å². The molecule has 0 aromatic heterocycles. The number of carbonyl (C=O) groups is 1. The van der Waals surface area contributed by atoms with Crippen LogP contribution in [0.5, 0.6) is 0 Å². The molecule has 1 N–H and O–H groups in total. The van der Waals surface area contributed by atoms with Crippen LogP contribution in [0.25, 0.3) is 6.08 Å². The van der Waals surface area contributed by atoms with Gasteiger partial charge in [0.2, 0.25) is 0 Å². The number of rotatable bonds is 4. The molecule has 0 fully saturated rings. The van der Waals surface area contributed by atoms with Gasteiger partial charge in [0, 0.05) is 20.9 Å². The van der Waals surface area contributed by atoms with Crippen LogP contribution >= 0.6 is 23.4 Å². The van der Waals surface area contributed by atoms with E-state index in [0.29, 0.717) is 10.6 Å². The molecule has 2 aromatic carbocycles. The summed E-state index contributed by atoms with van der Waals surface area (Å²) in [7, 11) is 0. The lowest BCUT2D eigenvalue weighted by Gasteiger charge is -2.08. The van der Waals surface area contributed by atoms with E-state index in [4.69, 9.17) is 16.7 Å². The Morgan fingerprint density at radius 2 is 1.95 bits per heavy atom. The summed E-state index contributed by atoms with van der Waals surface area (Å²) >= 11 is 7.64. The van der Waals surface area contributed by atoms with Crippen molar-refractivity contribution in [2.45, 2.75) is 16.7 Å². The Morgan fingerprint density at radius 3 is 2.57 bits per heavy atom. The quantitative estimate of drug-likeness (QED) is 0.801. The summed E-state index contributed by atoms with van der Waals surface area (Å²) in [6.07, 6.45) is 2.51. The molecule has 0 saturated carbocycles. The first kappa shape index (κ1) is 15.6. The average Bonchev–Trinajstić information content (AvgIpc) is 2.43. The van der Waals surface area contributed by atoms with Gasteiger partial charge in [-0.2, -0.15) is 0 Å². The van der Waals surface area contributed by atoms with Crippen molar-refractivity contribution in [3.05, 3.63) is 64.4 Å². The van der Waals surface area contributed by atoms with E-state index < -0.39 is 5.97 Å². The summed E-state index contributed by atoms with van der Waals surface area (Å²) < 4.78 is 12.9. The Bertz CT molecular complexity index is 696. The van der Waals surface area contributed by atoms with Gasteiger partial charge in [0.25, 0.3) is 0 Å². The van der Waals surface area contributed by atoms with Gasteiger partial charge in [-0.25, -0.2) is 9.18 Å². The summed E-state index contributed by atoms with van der Waals surface area (Å²) in [5.41, 5.74) is 1.62. The number of benzene rings is 2. The Hall–Kier alpha value is -1.78. The van der Waals surface area contributed by atoms with Gasteiger partial charge in [0.05, 0.1) is 0 Å². The van der Waals surface area contributed by atoms with Gasteiger partial charge in [0.1, 0.15) is 5.82 Å². The molecule has 0 aliphatic carbocycles. The van der Waals surface area contributed by atoms with Crippen LogP contribution in [-0.2, 0) is 4.79 Å². The molecular weight excluding hydrogens is 311 g/mol. The number of carboxylic acid groups (broad SMARTS) is 1. The minimum Gasteiger partial charge on any atom is -0.478 e. The highest BCUT2D eigenvalue weighted by molar-refractivity contribution is 7.99. The monoisotopic (exact) mass is 322 g/mol. The maximum absolute atomic E-state index is 12.9. The Kier molecular flexibility index (Phi) is 5.04. The molecule has 5 heteroatoms. The van der Waals surface area contributed by atoms with E-state index in [0.717, 1.165) is 21.4 Å². The molecule has 108 valence electrons. The largest absolute Gasteiger partial charge is 0.478 e. The van der Waals surface area contributed by atoms with Gasteiger partial charge in [-0.15, -0.1) is 0 Å². The number of hydrogen-bond acceptors (Lipinski definition) is 2. The predicted molar refractivity (Wildman–Crippen MR) is 83.4 cm³/mol. The van der Waals surface area contributed by atoms with Gasteiger partial charge in [-0.05, 0) is 60.5 Å². The highest BCUT2D eigenvalue weighted by Crippen LogP contribution is 2.34. The molecule has 21 heavy (non-hydrogen) atoms. The van der Waals surface area contributed by atoms with Crippen molar-refractivity contribution in [1.29, 1.82) is 0 Å². The van der Waals surface area contributed by atoms with E-state index in [1.54, 1.807) is 18.2 Å². The van der Waals surface area contributed by atoms with E-state index in [-0.39, 0.29) is 5.82 Å². The molecule has 2 rings (SSSR count). The number of aryl methyl sites for hydroxylation is 1. The number of halogens is 2. The van der Waals surface area contributed by atoms with E-state index in [1.165, 1.54) is 30.0 Å². The molecule has 0 unspecified atom stereocenters. The summed E-state index contributed by atoms with van der Waals surface area (Å²) in [4.78, 5) is 12.4.